The van der Waals surface area contributed by atoms with Gasteiger partial charge in [-0.05, 0) is 26.0 Å². The Balaban J connectivity index is 0.000000170. The number of aromatic nitrogens is 10. The summed E-state index contributed by atoms with van der Waals surface area (Å²) in [5.74, 6) is 1.87. The maximum absolute atomic E-state index is 14.6. The van der Waals surface area contributed by atoms with Gasteiger partial charge in [0, 0.05) is 162 Å². The van der Waals surface area contributed by atoms with Crippen LogP contribution >= 0.6 is 0 Å². The van der Waals surface area contributed by atoms with Gasteiger partial charge in [-0.1, -0.05) is 0 Å². The van der Waals surface area contributed by atoms with Crippen molar-refractivity contribution in [2.24, 2.45) is 0 Å². The predicted octanol–water partition coefficient (Wildman–Crippen LogP) is 3.35. The monoisotopic (exact) mass is 968 g/mol. The van der Waals surface area contributed by atoms with E-state index in [1.54, 1.807) is 49.3 Å². The van der Waals surface area contributed by atoms with Crippen LogP contribution in [0.1, 0.15) is 48.4 Å². The van der Waals surface area contributed by atoms with E-state index in [1.807, 2.05) is 45.6 Å². The first-order chi connectivity index (χ1) is 32.6. The van der Waals surface area contributed by atoms with Crippen LogP contribution in [0.4, 0.5) is 31.8 Å². The van der Waals surface area contributed by atoms with E-state index in [-0.39, 0.29) is 12.1 Å². The summed E-state index contributed by atoms with van der Waals surface area (Å²) in [5.41, 5.74) is 5.16. The molecule has 0 aromatic carbocycles. The van der Waals surface area contributed by atoms with Gasteiger partial charge in [0.25, 0.3) is 0 Å². The van der Waals surface area contributed by atoms with Crippen molar-refractivity contribution in [1.29, 1.82) is 0 Å². The van der Waals surface area contributed by atoms with Crippen molar-refractivity contribution in [2.45, 2.75) is 38.8 Å². The molecule has 0 spiro atoms. The average Bonchev–Trinajstić information content (AvgIpc) is 3.34. The van der Waals surface area contributed by atoms with Gasteiger partial charge < -0.3 is 19.6 Å². The molecule has 0 radical (unpaired) electrons. The second-order valence-corrected chi connectivity index (χ2v) is 20.9. The van der Waals surface area contributed by atoms with Crippen LogP contribution in [0.2, 0.25) is 0 Å². The Morgan fingerprint density at radius 1 is 0.485 bits per heavy atom. The lowest BCUT2D eigenvalue weighted by molar-refractivity contribution is 0.387. The van der Waals surface area contributed by atoms with Crippen molar-refractivity contribution in [3.63, 3.8) is 0 Å². The Hall–Kier alpha value is -6.50. The van der Waals surface area contributed by atoms with Crippen LogP contribution < -0.4 is 19.6 Å². The molecule has 6 aromatic rings. The molecule has 356 valence electrons. The molecule has 0 aliphatic carbocycles. The fourth-order valence-corrected chi connectivity index (χ4v) is 10.6. The molecule has 0 N–H and O–H groups in total. The van der Waals surface area contributed by atoms with Crippen molar-refractivity contribution in [2.75, 3.05) is 97.6 Å². The van der Waals surface area contributed by atoms with Gasteiger partial charge in [0.2, 0.25) is 31.9 Å². The van der Waals surface area contributed by atoms with Crippen molar-refractivity contribution >= 4 is 43.1 Å². The van der Waals surface area contributed by atoms with Crippen LogP contribution in [0.15, 0.2) is 73.6 Å². The third kappa shape index (κ3) is 10.2. The number of hydrogen-bond donors (Lipinski definition) is 0. The molecule has 68 heavy (non-hydrogen) atoms. The lowest BCUT2D eigenvalue weighted by Gasteiger charge is -2.37. The molecule has 10 rings (SSSR count). The summed E-state index contributed by atoms with van der Waals surface area (Å²) in [4.78, 5) is 51.6. The molecule has 2 fully saturated rings. The zero-order valence-corrected chi connectivity index (χ0v) is 39.6. The SMILES string of the molecule is C[C@@H]1c2cnc(-c3ncccn3)nc2CCN1c1cc(N2CCN(S(C)(=O)=O)CC2)cc(F)n1.C[C@H]1c2cnc(-c3ncccn3)nc2CCN1c1cc(N2CCN(S(C)(=O)=O)CC2)cc(F)n1. The first-order valence-electron chi connectivity index (χ1n) is 22.1. The Morgan fingerprint density at radius 2 is 0.853 bits per heavy atom. The van der Waals surface area contributed by atoms with Crippen LogP contribution in [0.5, 0.6) is 0 Å². The average molecular weight is 969 g/mol. The summed E-state index contributed by atoms with van der Waals surface area (Å²) < 4.78 is 79.2. The Morgan fingerprint density at radius 3 is 1.21 bits per heavy atom. The molecule has 6 aromatic heterocycles. The number of fused-ring (bicyclic) bond motifs is 2. The van der Waals surface area contributed by atoms with Crippen molar-refractivity contribution in [3.8, 4) is 23.3 Å². The number of anilines is 4. The lowest BCUT2D eigenvalue weighted by Crippen LogP contribution is -2.48. The van der Waals surface area contributed by atoms with E-state index < -0.39 is 31.9 Å². The summed E-state index contributed by atoms with van der Waals surface area (Å²) in [5, 5.41) is 0. The third-order valence-electron chi connectivity index (χ3n) is 12.6. The second kappa shape index (κ2) is 19.2. The molecule has 2 atom stereocenters. The smallest absolute Gasteiger partial charge is 0.216 e. The van der Waals surface area contributed by atoms with E-state index in [0.717, 1.165) is 22.5 Å². The number of nitrogens with zero attached hydrogens (tertiary/aromatic N) is 16. The van der Waals surface area contributed by atoms with Crippen molar-refractivity contribution in [1.82, 2.24) is 58.5 Å². The minimum atomic E-state index is -3.23. The number of piperazine rings is 2. The molecule has 20 nitrogen and oxygen atoms in total. The molecular weight excluding hydrogens is 919 g/mol. The molecule has 0 amide bonds. The molecule has 24 heteroatoms. The van der Waals surface area contributed by atoms with Gasteiger partial charge in [0.15, 0.2) is 23.3 Å². The Labute approximate surface area is 393 Å². The van der Waals surface area contributed by atoms with Gasteiger partial charge in [-0.25, -0.2) is 66.7 Å². The topological polar surface area (TPSA) is 217 Å². The molecule has 10 heterocycles. The predicted molar refractivity (Wildman–Crippen MR) is 251 cm³/mol. The second-order valence-electron chi connectivity index (χ2n) is 16.9. The van der Waals surface area contributed by atoms with Crippen LogP contribution in [0, 0.1) is 11.9 Å². The first kappa shape index (κ1) is 46.6. The normalized spacial score (nSPS) is 19.2. The summed E-state index contributed by atoms with van der Waals surface area (Å²) in [7, 11) is -6.46. The van der Waals surface area contributed by atoms with Gasteiger partial charge in [0.1, 0.15) is 11.6 Å². The van der Waals surface area contributed by atoms with Gasteiger partial charge >= 0.3 is 0 Å². The number of sulfonamides is 2. The third-order valence-corrected chi connectivity index (χ3v) is 15.2. The standard InChI is InChI=1S/2C22H25FN8O2S/c2*1-15-17-14-26-22(21-24-5-3-6-25-21)27-18(17)4-7-31(15)20-13-16(12-19(23)28-20)29-8-10-30(11-9-29)34(2,32)33/h2*3,5-6,12-15H,4,7-11H2,1-2H3/t2*15-/m10/s1. The molecule has 4 aliphatic rings. The van der Waals surface area contributed by atoms with E-state index in [2.05, 4.69) is 49.8 Å². The highest BCUT2D eigenvalue weighted by Crippen LogP contribution is 2.36. The highest BCUT2D eigenvalue weighted by molar-refractivity contribution is 7.88. The van der Waals surface area contributed by atoms with Crippen LogP contribution in [0.25, 0.3) is 23.3 Å². The summed E-state index contributed by atoms with van der Waals surface area (Å²) >= 11 is 0. The van der Waals surface area contributed by atoms with Gasteiger partial charge in [0.05, 0.1) is 36.0 Å². The van der Waals surface area contributed by atoms with Gasteiger partial charge in [-0.3, -0.25) is 0 Å². The molecule has 2 saturated heterocycles. The number of halogens is 2. The zero-order chi connectivity index (χ0) is 47.7. The maximum Gasteiger partial charge on any atom is 0.216 e. The summed E-state index contributed by atoms with van der Waals surface area (Å²) in [6.07, 6.45) is 13.9. The molecule has 0 saturated carbocycles. The van der Waals surface area contributed by atoms with Gasteiger partial charge in [-0.2, -0.15) is 17.4 Å². The van der Waals surface area contributed by atoms with E-state index in [4.69, 9.17) is 0 Å². The number of rotatable bonds is 8. The highest BCUT2D eigenvalue weighted by Gasteiger charge is 2.31. The van der Waals surface area contributed by atoms with Crippen LogP contribution in [-0.4, -0.2) is 153 Å². The van der Waals surface area contributed by atoms with Crippen LogP contribution in [0.3, 0.4) is 0 Å². The minimum Gasteiger partial charge on any atom is -0.369 e. The molecular formula is C44H50F2N16O4S2. The molecule has 0 bridgehead atoms. The van der Waals surface area contributed by atoms with Crippen molar-refractivity contribution < 1.29 is 25.6 Å². The van der Waals surface area contributed by atoms with Crippen molar-refractivity contribution in [3.05, 3.63) is 108 Å². The van der Waals surface area contributed by atoms with E-state index in [9.17, 15) is 25.6 Å². The summed E-state index contributed by atoms with van der Waals surface area (Å²) in [6, 6.07) is 9.83. The largest absolute Gasteiger partial charge is 0.369 e. The highest BCUT2D eigenvalue weighted by atomic mass is 32.2. The van der Waals surface area contributed by atoms with Crippen LogP contribution in [-0.2, 0) is 32.9 Å². The van der Waals surface area contributed by atoms with E-state index in [1.165, 1.54) is 33.3 Å². The fourth-order valence-electron chi connectivity index (χ4n) is 8.95. The molecule has 0 unspecified atom stereocenters. The lowest BCUT2D eigenvalue weighted by atomic mass is 9.99. The van der Waals surface area contributed by atoms with Gasteiger partial charge in [-0.15, -0.1) is 0 Å². The minimum absolute atomic E-state index is 0.0984. The quantitative estimate of drug-likeness (QED) is 0.200. The first-order valence-corrected chi connectivity index (χ1v) is 25.8. The summed E-state index contributed by atoms with van der Waals surface area (Å²) in [6.45, 7) is 8.75. The number of pyridine rings is 2. The fraction of sp³-hybridized carbons (Fsp3) is 0.409. The maximum atomic E-state index is 14.6. The Bertz CT molecular complexity index is 2800. The molecule has 4 aliphatic heterocycles. The zero-order valence-electron chi connectivity index (χ0n) is 37.9. The Kier molecular flexibility index (Phi) is 13.2. The van der Waals surface area contributed by atoms with E-state index >= 15 is 0 Å². The van der Waals surface area contributed by atoms with E-state index in [0.29, 0.717) is 125 Å². The number of hydrogen-bond acceptors (Lipinski definition) is 18.